The van der Waals surface area contributed by atoms with Crippen LogP contribution in [0.1, 0.15) is 43.2 Å². The lowest BCUT2D eigenvalue weighted by molar-refractivity contribution is -0.0285. The fraction of sp³-hybridized carbons (Fsp3) is 0.400. The fourth-order valence-electron chi connectivity index (χ4n) is 4.80. The molecule has 0 spiro atoms. The largest absolute Gasteiger partial charge is 0.386 e. The zero-order chi connectivity index (χ0) is 25.6. The first-order valence-electron chi connectivity index (χ1n) is 11.0. The van der Waals surface area contributed by atoms with Gasteiger partial charge in [-0.05, 0) is 51.5 Å². The second-order valence-corrected chi connectivity index (χ2v) is 9.63. The second-order valence-electron chi connectivity index (χ2n) is 9.63. The van der Waals surface area contributed by atoms with Crippen molar-refractivity contribution in [2.75, 3.05) is 11.9 Å². The Kier molecular flexibility index (Phi) is 12.4. The van der Waals surface area contributed by atoms with E-state index in [-0.39, 0.29) is 89.8 Å². The average Bonchev–Trinajstić information content (AvgIpc) is 3.19. The Balaban J connectivity index is 0.00000361. The maximum absolute atomic E-state index is 15.3. The van der Waals surface area contributed by atoms with Crippen LogP contribution < -0.4 is 11.1 Å². The van der Waals surface area contributed by atoms with Crippen LogP contribution in [0.2, 0.25) is 0 Å². The third-order valence-corrected chi connectivity index (χ3v) is 6.70. The highest BCUT2D eigenvalue weighted by Crippen LogP contribution is 2.54. The van der Waals surface area contributed by atoms with Crippen LogP contribution in [0.5, 0.6) is 0 Å². The number of pyridine rings is 1. The van der Waals surface area contributed by atoms with Crippen molar-refractivity contribution in [1.82, 2.24) is 4.98 Å². The highest BCUT2D eigenvalue weighted by molar-refractivity contribution is 7.59. The molecule has 0 saturated carbocycles. The third kappa shape index (κ3) is 6.64. The van der Waals surface area contributed by atoms with Crippen molar-refractivity contribution in [3.8, 4) is 6.07 Å². The average molecular weight is 615 g/mol. The quantitative estimate of drug-likeness (QED) is 0.483. The first kappa shape index (κ1) is 36.5. The van der Waals surface area contributed by atoms with Gasteiger partial charge in [0.15, 0.2) is 0 Å². The molecule has 1 saturated heterocycles. The number of halogens is 2. The van der Waals surface area contributed by atoms with Crippen molar-refractivity contribution in [3.63, 3.8) is 0 Å². The van der Waals surface area contributed by atoms with Gasteiger partial charge in [-0.3, -0.25) is 14.8 Å². The molecule has 3 N–H and O–H groups in total. The molecule has 1 aromatic heterocycles. The van der Waals surface area contributed by atoms with Gasteiger partial charge in [0.2, 0.25) is 5.69 Å². The summed E-state index contributed by atoms with van der Waals surface area (Å²) in [5.41, 5.74) is 2.60. The van der Waals surface area contributed by atoms with E-state index in [1.807, 2.05) is 0 Å². The number of benzene rings is 1. The van der Waals surface area contributed by atoms with E-state index < -0.39 is 40.4 Å². The molecule has 0 radical (unpaired) electrons. The number of carbonyl (C=O) groups is 1. The predicted octanol–water partition coefficient (Wildman–Crippen LogP) is 4.72. The Morgan fingerprint density at radius 2 is 1.95 bits per heavy atom. The minimum absolute atomic E-state index is 0. The molecule has 1 fully saturated rings. The molecule has 0 aliphatic carbocycles. The van der Waals surface area contributed by atoms with E-state index in [1.165, 1.54) is 50.4 Å². The van der Waals surface area contributed by atoms with Gasteiger partial charge in [-0.2, -0.15) is 59.2 Å². The smallest absolute Gasteiger partial charge is 0.274 e. The van der Waals surface area contributed by atoms with Gasteiger partial charge in [0.25, 0.3) is 5.91 Å². The van der Waals surface area contributed by atoms with Crippen molar-refractivity contribution in [1.29, 1.82) is 5.26 Å². The van der Waals surface area contributed by atoms with Crippen molar-refractivity contribution in [3.05, 3.63) is 65.0 Å². The van der Waals surface area contributed by atoms with Crippen LogP contribution in [0, 0.1) is 35.1 Å². The number of amides is 1. The lowest BCUT2D eigenvalue weighted by atomic mass is 9.65. The van der Waals surface area contributed by atoms with Crippen molar-refractivity contribution in [2.24, 2.45) is 22.1 Å². The van der Waals surface area contributed by atoms with Crippen LogP contribution in [0.25, 0.3) is 4.85 Å². The number of rotatable bonds is 4. The molecule has 2 aliphatic rings. The molecule has 39 heavy (non-hydrogen) atoms. The molecule has 4 atom stereocenters. The minimum Gasteiger partial charge on any atom is -0.386 e. The number of nitrogens with zero attached hydrogens (tertiary/aromatic N) is 4. The SMILES string of the molecule is S.S.S.S.[C-]#[N+]c1ccc(C(=O)Nc2ccc(F)c([C@]34CO[C@H](C(C)(C)F)[C@H]3C[C@@](C)(C#N)C(N)=N4)c2)nc1. The van der Waals surface area contributed by atoms with E-state index in [0.29, 0.717) is 5.69 Å². The summed E-state index contributed by atoms with van der Waals surface area (Å²) in [7, 11) is 0. The number of nitrogens with two attached hydrogens (primary N) is 1. The number of hydrogen-bond donors (Lipinski definition) is 2. The minimum atomic E-state index is -1.78. The van der Waals surface area contributed by atoms with Crippen LogP contribution >= 0.6 is 54.0 Å². The summed E-state index contributed by atoms with van der Waals surface area (Å²) in [5.74, 6) is -1.83. The maximum Gasteiger partial charge on any atom is 0.274 e. The van der Waals surface area contributed by atoms with Gasteiger partial charge in [-0.1, -0.05) is 6.07 Å². The molecule has 2 aliphatic heterocycles. The molecule has 3 heterocycles. The van der Waals surface area contributed by atoms with Crippen LogP contribution in [-0.4, -0.2) is 35.1 Å². The van der Waals surface area contributed by atoms with Gasteiger partial charge in [0, 0.05) is 23.4 Å². The van der Waals surface area contributed by atoms with Crippen LogP contribution in [-0.2, 0) is 10.3 Å². The number of nitrogens with one attached hydrogen (secondary N) is 1. The maximum atomic E-state index is 15.3. The van der Waals surface area contributed by atoms with E-state index in [2.05, 4.69) is 26.2 Å². The van der Waals surface area contributed by atoms with Crippen LogP contribution in [0.15, 0.2) is 41.5 Å². The fourth-order valence-corrected chi connectivity index (χ4v) is 4.80. The Labute approximate surface area is 254 Å². The summed E-state index contributed by atoms with van der Waals surface area (Å²) in [6, 6.07) is 9.03. The van der Waals surface area contributed by atoms with Gasteiger partial charge in [0.05, 0.1) is 25.4 Å². The lowest BCUT2D eigenvalue weighted by Crippen LogP contribution is -2.52. The Bertz CT molecular complexity index is 1310. The number of aromatic nitrogens is 1. The van der Waals surface area contributed by atoms with Crippen molar-refractivity contribution in [2.45, 2.75) is 44.5 Å². The molecule has 8 nitrogen and oxygen atoms in total. The third-order valence-electron chi connectivity index (χ3n) is 6.70. The number of ether oxygens (including phenoxy) is 1. The monoisotopic (exact) mass is 614 g/mol. The summed E-state index contributed by atoms with van der Waals surface area (Å²) < 4.78 is 36.3. The Morgan fingerprint density at radius 1 is 1.28 bits per heavy atom. The molecule has 14 heteroatoms. The number of aliphatic imine (C=N–C) groups is 1. The standard InChI is InChI=1S/C25H24F2N6O2.4H2S/c1-23(2,27)20-17-10-24(3,12-28)22(29)33-25(17,13-35-20)16-9-14(5-7-18(16)26)32-21(34)19-8-6-15(30-4)11-31-19;;;;/h5-9,11,17,20H,10,13H2,1-3H3,(H2,29,33)(H,32,34);4*1H2/t17-,20+,24+,25-;;;;/m1..../s1. The Morgan fingerprint density at radius 3 is 2.49 bits per heavy atom. The summed E-state index contributed by atoms with van der Waals surface area (Å²) in [6.45, 7) is 11.2. The molecule has 0 bridgehead atoms. The summed E-state index contributed by atoms with van der Waals surface area (Å²) in [5, 5.41) is 12.4. The van der Waals surface area contributed by atoms with Gasteiger partial charge in [-0.25, -0.2) is 13.6 Å². The van der Waals surface area contributed by atoms with Gasteiger partial charge in [-0.15, -0.1) is 0 Å². The molecule has 1 amide bonds. The van der Waals surface area contributed by atoms with E-state index in [0.717, 1.165) is 0 Å². The molecule has 1 aromatic carbocycles. The normalized spacial score (nSPS) is 24.9. The lowest BCUT2D eigenvalue weighted by Gasteiger charge is -2.43. The number of anilines is 1. The molecule has 212 valence electrons. The van der Waals surface area contributed by atoms with Crippen LogP contribution in [0.3, 0.4) is 0 Å². The molecule has 2 aromatic rings. The molecule has 4 rings (SSSR count). The van der Waals surface area contributed by atoms with Crippen molar-refractivity contribution >= 4 is 77.1 Å². The number of alkyl halides is 1. The van der Waals surface area contributed by atoms with E-state index in [9.17, 15) is 10.1 Å². The van der Waals surface area contributed by atoms with Gasteiger partial charge in [0.1, 0.15) is 34.0 Å². The highest BCUT2D eigenvalue weighted by atomic mass is 32.1. The van der Waals surface area contributed by atoms with Gasteiger partial charge < -0.3 is 15.8 Å². The first-order valence-corrected chi connectivity index (χ1v) is 11.0. The second kappa shape index (κ2) is 13.2. The number of nitriles is 1. The molecular weight excluding hydrogens is 583 g/mol. The first-order chi connectivity index (χ1) is 16.4. The number of hydrogen-bond acceptors (Lipinski definition) is 6. The number of carbonyl (C=O) groups excluding carboxylic acids is 1. The molecular formula is C25H32F2N6O2S4. The molecule has 0 unspecified atom stereocenters. The van der Waals surface area contributed by atoms with Crippen LogP contribution in [0.4, 0.5) is 20.2 Å². The Hall–Kier alpha value is -2.49. The highest BCUT2D eigenvalue weighted by Gasteiger charge is 2.61. The summed E-state index contributed by atoms with van der Waals surface area (Å²) in [4.78, 5) is 24.5. The number of fused-ring (bicyclic) bond motifs is 1. The summed E-state index contributed by atoms with van der Waals surface area (Å²) >= 11 is 0. The predicted molar refractivity (Wildman–Crippen MR) is 166 cm³/mol. The van der Waals surface area contributed by atoms with E-state index >= 15 is 8.78 Å². The van der Waals surface area contributed by atoms with E-state index in [1.54, 1.807) is 6.92 Å². The number of amidine groups is 1. The zero-order valence-electron chi connectivity index (χ0n) is 21.5. The van der Waals surface area contributed by atoms with Gasteiger partial charge >= 0.3 is 0 Å². The topological polar surface area (TPSA) is 118 Å². The van der Waals surface area contributed by atoms with E-state index in [4.69, 9.17) is 17.0 Å². The van der Waals surface area contributed by atoms with Crippen molar-refractivity contribution < 1.29 is 18.3 Å². The zero-order valence-corrected chi connectivity index (χ0v) is 25.5. The summed E-state index contributed by atoms with van der Waals surface area (Å²) in [6.07, 6.45) is 0.460.